The smallest absolute Gasteiger partial charge is 0.243 e. The first kappa shape index (κ1) is 25.1. The molecule has 2 heterocycles. The Morgan fingerprint density at radius 3 is 2.63 bits per heavy atom. The number of nitrogens with one attached hydrogen (secondary N) is 3. The number of fused-ring (bicyclic) bond motifs is 1. The molecule has 2 unspecified atom stereocenters. The number of benzene rings is 1. The molecule has 1 aromatic carbocycles. The van der Waals surface area contributed by atoms with E-state index in [-0.39, 0.29) is 35.7 Å². The minimum atomic E-state index is -0.985. The zero-order valence-electron chi connectivity index (χ0n) is 20.9. The number of imidazole rings is 1. The van der Waals surface area contributed by atoms with Crippen LogP contribution in [0.5, 0.6) is 0 Å². The third kappa shape index (κ3) is 5.65. The minimum Gasteiger partial charge on any atom is -0.345 e. The van der Waals surface area contributed by atoms with Crippen LogP contribution in [0.25, 0.3) is 11.0 Å². The van der Waals surface area contributed by atoms with E-state index in [4.69, 9.17) is 0 Å². The second-order valence-corrected chi connectivity index (χ2v) is 10.4. The molecule has 0 bridgehead atoms. The molecule has 35 heavy (non-hydrogen) atoms. The molecule has 8 nitrogen and oxygen atoms in total. The zero-order valence-corrected chi connectivity index (χ0v) is 20.9. The Hall–Kier alpha value is -2.97. The van der Waals surface area contributed by atoms with Gasteiger partial charge in [-0.15, -0.1) is 0 Å². The fourth-order valence-corrected chi connectivity index (χ4v) is 5.11. The monoisotopic (exact) mass is 485 g/mol. The molecule has 1 saturated heterocycles. The molecule has 1 aromatic heterocycles. The highest BCUT2D eigenvalue weighted by Gasteiger charge is 2.45. The van der Waals surface area contributed by atoms with Gasteiger partial charge in [0.2, 0.25) is 17.7 Å². The highest BCUT2D eigenvalue weighted by molar-refractivity contribution is 5.93. The maximum atomic E-state index is 14.1. The van der Waals surface area contributed by atoms with E-state index in [0.29, 0.717) is 29.7 Å². The number of carbonyl (C=O) groups is 3. The Labute approximate surface area is 205 Å². The molecule has 3 N–H and O–H groups in total. The lowest BCUT2D eigenvalue weighted by Crippen LogP contribution is -2.52. The number of hydrogen-bond acceptors (Lipinski definition) is 4. The van der Waals surface area contributed by atoms with Crippen molar-refractivity contribution in [3.05, 3.63) is 29.8 Å². The van der Waals surface area contributed by atoms with E-state index in [1.54, 1.807) is 19.1 Å². The second-order valence-electron chi connectivity index (χ2n) is 10.4. The number of halogens is 1. The quantitative estimate of drug-likeness (QED) is 0.532. The summed E-state index contributed by atoms with van der Waals surface area (Å²) in [6.07, 6.45) is 3.67. The molecule has 0 radical (unpaired) electrons. The summed E-state index contributed by atoms with van der Waals surface area (Å²) in [6.45, 7) is 8.59. The van der Waals surface area contributed by atoms with Crippen LogP contribution >= 0.6 is 0 Å². The Morgan fingerprint density at radius 2 is 1.97 bits per heavy atom. The van der Waals surface area contributed by atoms with Gasteiger partial charge in [0.25, 0.3) is 0 Å². The number of H-pyrrole nitrogens is 1. The number of nitrogens with zero attached hydrogens (tertiary/aromatic N) is 2. The van der Waals surface area contributed by atoms with Crippen molar-refractivity contribution in [2.45, 2.75) is 77.9 Å². The molecule has 2 aromatic rings. The van der Waals surface area contributed by atoms with Gasteiger partial charge in [-0.3, -0.25) is 14.4 Å². The summed E-state index contributed by atoms with van der Waals surface area (Å²) in [7, 11) is 0. The average molecular weight is 486 g/mol. The number of carbonyl (C=O) groups excluding carboxylic acids is 3. The SMILES string of the molecule is CC(C)C1CC1C(=O)N[C@@H](CC(=O)N1CCCC[C@@H]1C)C(=O)N[C@@H](C)c1nc2c(F)cccc2[nH]1. The zero-order chi connectivity index (χ0) is 25.3. The van der Waals surface area contributed by atoms with Crippen molar-refractivity contribution < 1.29 is 18.8 Å². The molecule has 1 aliphatic heterocycles. The summed E-state index contributed by atoms with van der Waals surface area (Å²) in [6, 6.07) is 3.20. The van der Waals surface area contributed by atoms with Crippen molar-refractivity contribution in [3.8, 4) is 0 Å². The van der Waals surface area contributed by atoms with E-state index in [1.165, 1.54) is 6.07 Å². The van der Waals surface area contributed by atoms with Gasteiger partial charge in [-0.2, -0.15) is 0 Å². The summed E-state index contributed by atoms with van der Waals surface area (Å²) >= 11 is 0. The molecule has 1 aliphatic carbocycles. The highest BCUT2D eigenvalue weighted by Crippen LogP contribution is 2.44. The highest BCUT2D eigenvalue weighted by atomic mass is 19.1. The van der Waals surface area contributed by atoms with Gasteiger partial charge < -0.3 is 20.5 Å². The maximum Gasteiger partial charge on any atom is 0.243 e. The fraction of sp³-hybridized carbons (Fsp3) is 0.615. The predicted molar refractivity (Wildman–Crippen MR) is 131 cm³/mol. The molecule has 1 saturated carbocycles. The van der Waals surface area contributed by atoms with Gasteiger partial charge in [-0.25, -0.2) is 9.37 Å². The van der Waals surface area contributed by atoms with E-state index in [1.807, 2.05) is 11.8 Å². The average Bonchev–Trinajstić information content (AvgIpc) is 3.50. The predicted octanol–water partition coefficient (Wildman–Crippen LogP) is 3.45. The van der Waals surface area contributed by atoms with E-state index in [2.05, 4.69) is 34.4 Å². The summed E-state index contributed by atoms with van der Waals surface area (Å²) in [5.74, 6) is -0.227. The molecule has 9 heteroatoms. The third-order valence-corrected chi connectivity index (χ3v) is 7.42. The van der Waals surface area contributed by atoms with Crippen molar-refractivity contribution in [1.29, 1.82) is 0 Å². The summed E-state index contributed by atoms with van der Waals surface area (Å²) in [5.41, 5.74) is 0.741. The summed E-state index contributed by atoms with van der Waals surface area (Å²) in [4.78, 5) is 48.4. The number of amides is 3. The number of aromatic amines is 1. The van der Waals surface area contributed by atoms with E-state index >= 15 is 0 Å². The molecule has 5 atom stereocenters. The van der Waals surface area contributed by atoms with Crippen LogP contribution in [-0.2, 0) is 14.4 Å². The topological polar surface area (TPSA) is 107 Å². The van der Waals surface area contributed by atoms with Gasteiger partial charge in [-0.05, 0) is 63.5 Å². The lowest BCUT2D eigenvalue weighted by Gasteiger charge is -2.34. The van der Waals surface area contributed by atoms with Crippen LogP contribution in [0.3, 0.4) is 0 Å². The van der Waals surface area contributed by atoms with Gasteiger partial charge >= 0.3 is 0 Å². The lowest BCUT2D eigenvalue weighted by atomic mass is 10.0. The van der Waals surface area contributed by atoms with Crippen LogP contribution in [0, 0.1) is 23.6 Å². The van der Waals surface area contributed by atoms with Crippen LogP contribution in [0.1, 0.15) is 71.7 Å². The summed E-state index contributed by atoms with van der Waals surface area (Å²) < 4.78 is 14.1. The van der Waals surface area contributed by atoms with Crippen LogP contribution in [-0.4, -0.2) is 51.2 Å². The van der Waals surface area contributed by atoms with E-state index in [0.717, 1.165) is 25.7 Å². The first-order valence-corrected chi connectivity index (χ1v) is 12.7. The van der Waals surface area contributed by atoms with Gasteiger partial charge in [0.15, 0.2) is 5.82 Å². The lowest BCUT2D eigenvalue weighted by molar-refractivity contribution is -0.138. The molecule has 2 aliphatic rings. The van der Waals surface area contributed by atoms with Crippen LogP contribution < -0.4 is 10.6 Å². The van der Waals surface area contributed by atoms with Crippen LogP contribution in [0.4, 0.5) is 4.39 Å². The molecule has 0 spiro atoms. The minimum absolute atomic E-state index is 0.0948. The van der Waals surface area contributed by atoms with Crippen molar-refractivity contribution in [1.82, 2.24) is 25.5 Å². The molecule has 190 valence electrons. The Bertz CT molecular complexity index is 1100. The maximum absolute atomic E-state index is 14.1. The number of rotatable bonds is 8. The van der Waals surface area contributed by atoms with E-state index in [9.17, 15) is 18.8 Å². The normalized spacial score (nSPS) is 23.7. The number of piperidine rings is 1. The Kier molecular flexibility index (Phi) is 7.42. The number of para-hydroxylation sites is 1. The van der Waals surface area contributed by atoms with Crippen molar-refractivity contribution in [2.75, 3.05) is 6.54 Å². The second kappa shape index (κ2) is 10.3. The molecule has 3 amide bonds. The molecular formula is C26H36FN5O3. The largest absolute Gasteiger partial charge is 0.345 e. The number of aromatic nitrogens is 2. The van der Waals surface area contributed by atoms with Crippen molar-refractivity contribution in [2.24, 2.45) is 17.8 Å². The first-order chi connectivity index (χ1) is 16.7. The molecule has 2 fully saturated rings. The third-order valence-electron chi connectivity index (χ3n) is 7.42. The van der Waals surface area contributed by atoms with Gasteiger partial charge in [0, 0.05) is 18.5 Å². The number of hydrogen-bond donors (Lipinski definition) is 3. The number of likely N-dealkylation sites (tertiary alicyclic amines) is 1. The van der Waals surface area contributed by atoms with Crippen molar-refractivity contribution in [3.63, 3.8) is 0 Å². The van der Waals surface area contributed by atoms with Gasteiger partial charge in [0.1, 0.15) is 17.4 Å². The van der Waals surface area contributed by atoms with E-state index < -0.39 is 23.8 Å². The Morgan fingerprint density at radius 1 is 1.20 bits per heavy atom. The van der Waals surface area contributed by atoms with Gasteiger partial charge in [0.05, 0.1) is 18.0 Å². The summed E-state index contributed by atoms with van der Waals surface area (Å²) in [5, 5.41) is 5.71. The fourth-order valence-electron chi connectivity index (χ4n) is 5.11. The molecule has 4 rings (SSSR count). The van der Waals surface area contributed by atoms with Gasteiger partial charge in [-0.1, -0.05) is 19.9 Å². The Balaban J connectivity index is 1.47. The molecular weight excluding hydrogens is 449 g/mol. The van der Waals surface area contributed by atoms with Crippen LogP contribution in [0.2, 0.25) is 0 Å². The van der Waals surface area contributed by atoms with Crippen molar-refractivity contribution >= 4 is 28.8 Å². The van der Waals surface area contributed by atoms with Crippen LogP contribution in [0.15, 0.2) is 18.2 Å². The first-order valence-electron chi connectivity index (χ1n) is 12.7. The standard InChI is InChI=1S/C26H36FN5O3/c1-14(2)17-12-18(17)25(34)30-21(13-22(33)32-11-6-5-8-15(32)3)26(35)28-16(4)24-29-20-10-7-9-19(27)23(20)31-24/h7,9-10,14-18,21H,5-6,8,11-13H2,1-4H3,(H,28,35)(H,29,31)(H,30,34)/t15-,16-,17?,18?,21-/m0/s1.